The van der Waals surface area contributed by atoms with Crippen molar-refractivity contribution in [2.75, 3.05) is 12.8 Å². The average molecular weight is 279 g/mol. The number of nitrogens with two attached hydrogens (primary N) is 1. The zero-order chi connectivity index (χ0) is 14.4. The Bertz CT molecular complexity index is 366. The highest BCUT2D eigenvalue weighted by Crippen LogP contribution is 2.03. The Morgan fingerprint density at radius 3 is 2.39 bits per heavy atom. The van der Waals surface area contributed by atoms with Crippen molar-refractivity contribution in [2.45, 2.75) is 51.6 Å². The molecule has 0 rings (SSSR count). The predicted octanol–water partition coefficient (Wildman–Crippen LogP) is -0.0521. The summed E-state index contributed by atoms with van der Waals surface area (Å²) in [6.45, 7) is 5.64. The largest absolute Gasteiger partial charge is 0.353 e. The van der Waals surface area contributed by atoms with Gasteiger partial charge in [0.25, 0.3) is 0 Å². The first-order valence-electron chi connectivity index (χ1n) is 6.09. The van der Waals surface area contributed by atoms with E-state index in [9.17, 15) is 13.2 Å². The first-order valence-corrected chi connectivity index (χ1v) is 7.99. The first kappa shape index (κ1) is 17.3. The van der Waals surface area contributed by atoms with E-state index in [1.807, 2.05) is 6.92 Å². The van der Waals surface area contributed by atoms with Gasteiger partial charge >= 0.3 is 0 Å². The quantitative estimate of drug-likeness (QED) is 0.579. The van der Waals surface area contributed by atoms with Crippen molar-refractivity contribution < 1.29 is 13.2 Å². The fourth-order valence-electron chi connectivity index (χ4n) is 1.53. The number of rotatable bonds is 8. The maximum absolute atomic E-state index is 11.6. The van der Waals surface area contributed by atoms with Gasteiger partial charge in [-0.05, 0) is 20.3 Å². The maximum Gasteiger partial charge on any atom is 0.236 e. The molecule has 4 N–H and O–H groups in total. The zero-order valence-electron chi connectivity index (χ0n) is 11.6. The van der Waals surface area contributed by atoms with Crippen molar-refractivity contribution in [1.82, 2.24) is 10.0 Å². The van der Waals surface area contributed by atoms with Crippen LogP contribution in [0.3, 0.4) is 0 Å². The van der Waals surface area contributed by atoms with E-state index in [1.165, 1.54) is 0 Å². The van der Waals surface area contributed by atoms with E-state index in [4.69, 9.17) is 5.73 Å². The van der Waals surface area contributed by atoms with E-state index in [-0.39, 0.29) is 12.5 Å². The molecule has 18 heavy (non-hydrogen) atoms. The van der Waals surface area contributed by atoms with Gasteiger partial charge in [-0.2, -0.15) is 0 Å². The Labute approximate surface area is 110 Å². The molecule has 0 aromatic rings. The van der Waals surface area contributed by atoms with Gasteiger partial charge in [-0.25, -0.2) is 13.1 Å². The van der Waals surface area contributed by atoms with Crippen molar-refractivity contribution in [3.05, 3.63) is 0 Å². The summed E-state index contributed by atoms with van der Waals surface area (Å²) in [5, 5.41) is 2.66. The molecule has 6 nitrogen and oxygen atoms in total. The van der Waals surface area contributed by atoms with Crippen LogP contribution in [-0.2, 0) is 14.8 Å². The molecule has 0 radical (unpaired) electrons. The minimum atomic E-state index is -3.30. The Kier molecular flexibility index (Phi) is 6.80. The highest BCUT2D eigenvalue weighted by molar-refractivity contribution is 7.88. The fraction of sp³-hybridized carbons (Fsp3) is 0.909. The van der Waals surface area contributed by atoms with Crippen molar-refractivity contribution in [2.24, 2.45) is 5.73 Å². The normalized spacial score (nSPS) is 14.3. The van der Waals surface area contributed by atoms with Gasteiger partial charge in [0, 0.05) is 12.1 Å². The minimum Gasteiger partial charge on any atom is -0.353 e. The third kappa shape index (κ3) is 8.43. The lowest BCUT2D eigenvalue weighted by atomic mass is 10.1. The average Bonchev–Trinajstić information content (AvgIpc) is 2.19. The number of nitrogens with one attached hydrogen (secondary N) is 2. The standard InChI is InChI=1S/C11H25N3O3S/c1-5-6-7-9(12)10(15)13-8-11(2,3)14-18(4,16)17/h9,14H,5-8,12H2,1-4H3,(H,13,15)/t9-/m0/s1. The first-order chi connectivity index (χ1) is 8.07. The van der Waals surface area contributed by atoms with Crippen LogP contribution >= 0.6 is 0 Å². The van der Waals surface area contributed by atoms with Crippen LogP contribution in [0.2, 0.25) is 0 Å². The van der Waals surface area contributed by atoms with Gasteiger partial charge in [0.15, 0.2) is 0 Å². The zero-order valence-corrected chi connectivity index (χ0v) is 12.4. The molecule has 7 heteroatoms. The van der Waals surface area contributed by atoms with Gasteiger partial charge in [0.05, 0.1) is 12.3 Å². The molecule has 0 fully saturated rings. The number of unbranched alkanes of at least 4 members (excludes halogenated alkanes) is 1. The van der Waals surface area contributed by atoms with Gasteiger partial charge in [-0.1, -0.05) is 19.8 Å². The Balaban J connectivity index is 4.19. The second kappa shape index (κ2) is 7.06. The van der Waals surface area contributed by atoms with E-state index in [2.05, 4.69) is 10.0 Å². The summed E-state index contributed by atoms with van der Waals surface area (Å²) in [6, 6.07) is -0.529. The molecule has 1 atom stereocenters. The van der Waals surface area contributed by atoms with Gasteiger partial charge < -0.3 is 11.1 Å². The molecule has 108 valence electrons. The fourth-order valence-corrected chi connectivity index (χ4v) is 2.61. The van der Waals surface area contributed by atoms with E-state index in [0.29, 0.717) is 6.42 Å². The molecule has 0 saturated heterocycles. The van der Waals surface area contributed by atoms with Gasteiger partial charge in [-0.15, -0.1) is 0 Å². The van der Waals surface area contributed by atoms with Crippen LogP contribution in [0, 0.1) is 0 Å². The molecule has 0 saturated carbocycles. The summed E-state index contributed by atoms with van der Waals surface area (Å²) in [7, 11) is -3.30. The maximum atomic E-state index is 11.6. The summed E-state index contributed by atoms with van der Waals surface area (Å²) in [6.07, 6.45) is 3.62. The lowest BCUT2D eigenvalue weighted by Gasteiger charge is -2.26. The van der Waals surface area contributed by atoms with Gasteiger partial charge in [0.2, 0.25) is 15.9 Å². The molecular formula is C11H25N3O3S. The molecule has 0 bridgehead atoms. The number of hydrogen-bond donors (Lipinski definition) is 3. The van der Waals surface area contributed by atoms with Crippen LogP contribution in [0.25, 0.3) is 0 Å². The third-order valence-corrected chi connectivity index (χ3v) is 3.30. The molecule has 0 aromatic carbocycles. The SMILES string of the molecule is CCCC[C@H](N)C(=O)NCC(C)(C)NS(C)(=O)=O. The van der Waals surface area contributed by atoms with Crippen LogP contribution in [0.4, 0.5) is 0 Å². The second-order valence-electron chi connectivity index (χ2n) is 5.22. The third-order valence-electron chi connectivity index (χ3n) is 2.37. The van der Waals surface area contributed by atoms with E-state index in [0.717, 1.165) is 19.1 Å². The van der Waals surface area contributed by atoms with Crippen molar-refractivity contribution in [3.8, 4) is 0 Å². The number of carbonyl (C=O) groups excluding carboxylic acids is 1. The van der Waals surface area contributed by atoms with Crippen molar-refractivity contribution in [3.63, 3.8) is 0 Å². The van der Waals surface area contributed by atoms with Gasteiger partial charge in [-0.3, -0.25) is 4.79 Å². The molecule has 0 aliphatic heterocycles. The molecular weight excluding hydrogens is 254 g/mol. The van der Waals surface area contributed by atoms with Crippen LogP contribution < -0.4 is 15.8 Å². The molecule has 0 aliphatic rings. The minimum absolute atomic E-state index is 0.207. The lowest BCUT2D eigenvalue weighted by Crippen LogP contribution is -2.53. The number of amides is 1. The molecule has 0 unspecified atom stereocenters. The molecule has 0 spiro atoms. The van der Waals surface area contributed by atoms with Crippen molar-refractivity contribution in [1.29, 1.82) is 0 Å². The second-order valence-corrected chi connectivity index (χ2v) is 6.97. The smallest absolute Gasteiger partial charge is 0.236 e. The Morgan fingerprint density at radius 1 is 1.39 bits per heavy atom. The number of carbonyl (C=O) groups is 1. The van der Waals surface area contributed by atoms with E-state index >= 15 is 0 Å². The highest BCUT2D eigenvalue weighted by atomic mass is 32.2. The number of hydrogen-bond acceptors (Lipinski definition) is 4. The summed E-state index contributed by atoms with van der Waals surface area (Å²) in [4.78, 5) is 11.6. The van der Waals surface area contributed by atoms with E-state index < -0.39 is 21.6 Å². The van der Waals surface area contributed by atoms with Crippen LogP contribution in [0.5, 0.6) is 0 Å². The molecule has 0 aliphatic carbocycles. The summed E-state index contributed by atoms with van der Waals surface area (Å²) in [5.74, 6) is -0.244. The summed E-state index contributed by atoms with van der Waals surface area (Å²) < 4.78 is 24.7. The van der Waals surface area contributed by atoms with E-state index in [1.54, 1.807) is 13.8 Å². The molecule has 1 amide bonds. The van der Waals surface area contributed by atoms with Crippen molar-refractivity contribution >= 4 is 15.9 Å². The lowest BCUT2D eigenvalue weighted by molar-refractivity contribution is -0.122. The van der Waals surface area contributed by atoms with Crippen LogP contribution in [-0.4, -0.2) is 38.7 Å². The Morgan fingerprint density at radius 2 is 1.94 bits per heavy atom. The Hall–Kier alpha value is -0.660. The predicted molar refractivity (Wildman–Crippen MR) is 72.6 cm³/mol. The summed E-state index contributed by atoms with van der Waals surface area (Å²) in [5.41, 5.74) is 4.98. The van der Waals surface area contributed by atoms with Crippen LogP contribution in [0.1, 0.15) is 40.0 Å². The summed E-state index contributed by atoms with van der Waals surface area (Å²) >= 11 is 0. The monoisotopic (exact) mass is 279 g/mol. The van der Waals surface area contributed by atoms with Gasteiger partial charge in [0.1, 0.15) is 0 Å². The highest BCUT2D eigenvalue weighted by Gasteiger charge is 2.23. The molecule has 0 aromatic heterocycles. The molecule has 0 heterocycles. The topological polar surface area (TPSA) is 101 Å². The van der Waals surface area contributed by atoms with Crippen LogP contribution in [0.15, 0.2) is 0 Å². The number of sulfonamides is 1.